The van der Waals surface area contributed by atoms with E-state index in [1.165, 1.54) is 6.20 Å². The molecule has 4 rings (SSSR count). The minimum Gasteiger partial charge on any atom is -0.467 e. The first-order valence-corrected chi connectivity index (χ1v) is 9.52. The smallest absolute Gasteiger partial charge is 0.422 e. The number of aromatic nitrogens is 3. The molecule has 3 aromatic rings. The van der Waals surface area contributed by atoms with Crippen LogP contribution in [0.25, 0.3) is 10.9 Å². The molecule has 1 N–H and O–H groups in total. The highest BCUT2D eigenvalue weighted by Crippen LogP contribution is 2.47. The van der Waals surface area contributed by atoms with Gasteiger partial charge >= 0.3 is 6.18 Å². The van der Waals surface area contributed by atoms with Gasteiger partial charge in [0.25, 0.3) is 0 Å². The normalized spacial score (nSPS) is 18.2. The number of benzene rings is 1. The summed E-state index contributed by atoms with van der Waals surface area (Å²) in [4.78, 5) is 24.6. The van der Waals surface area contributed by atoms with E-state index in [0.29, 0.717) is 18.7 Å². The lowest BCUT2D eigenvalue weighted by Gasteiger charge is -2.08. The molecule has 9 heteroatoms. The van der Waals surface area contributed by atoms with E-state index in [4.69, 9.17) is 0 Å². The van der Waals surface area contributed by atoms with Crippen molar-refractivity contribution in [2.75, 3.05) is 13.2 Å². The number of nitrogens with zero attached hydrogens (tertiary/aromatic N) is 3. The summed E-state index contributed by atoms with van der Waals surface area (Å²) in [5, 5.41) is 3.96. The minimum absolute atomic E-state index is 0.0146. The number of halogens is 3. The molecule has 0 bridgehead atoms. The number of hydrogen-bond acceptors (Lipinski definition) is 5. The van der Waals surface area contributed by atoms with Crippen LogP contribution in [0.1, 0.15) is 23.6 Å². The number of ether oxygens (including phenoxy) is 1. The molecule has 2 aromatic heterocycles. The van der Waals surface area contributed by atoms with E-state index in [1.807, 2.05) is 30.3 Å². The Kier molecular flexibility index (Phi) is 5.52. The van der Waals surface area contributed by atoms with Gasteiger partial charge in [-0.05, 0) is 30.0 Å². The van der Waals surface area contributed by atoms with Gasteiger partial charge < -0.3 is 10.1 Å². The van der Waals surface area contributed by atoms with Gasteiger partial charge in [0, 0.05) is 30.5 Å². The van der Waals surface area contributed by atoms with Gasteiger partial charge in [-0.15, -0.1) is 0 Å². The van der Waals surface area contributed by atoms with Crippen LogP contribution in [0.5, 0.6) is 5.88 Å². The largest absolute Gasteiger partial charge is 0.467 e. The highest BCUT2D eigenvalue weighted by atomic mass is 19.4. The zero-order chi connectivity index (χ0) is 21.1. The van der Waals surface area contributed by atoms with Crippen LogP contribution in [-0.4, -0.2) is 40.2 Å². The topological polar surface area (TPSA) is 77.0 Å². The summed E-state index contributed by atoms with van der Waals surface area (Å²) in [7, 11) is 0. The maximum Gasteiger partial charge on any atom is 0.422 e. The van der Waals surface area contributed by atoms with Crippen LogP contribution in [-0.2, 0) is 11.2 Å². The fourth-order valence-electron chi connectivity index (χ4n) is 3.31. The molecule has 2 unspecified atom stereocenters. The van der Waals surface area contributed by atoms with Gasteiger partial charge in [0.05, 0.1) is 23.6 Å². The SMILES string of the molecule is O=C(NCCc1cnc(OCC(F)(F)F)cn1)C1CC1c1ccc2cccnc2c1. The quantitative estimate of drug-likeness (QED) is 0.639. The molecule has 156 valence electrons. The Morgan fingerprint density at radius 3 is 2.80 bits per heavy atom. The zero-order valence-electron chi connectivity index (χ0n) is 15.9. The van der Waals surface area contributed by atoms with Gasteiger partial charge in [-0.25, -0.2) is 4.98 Å². The Labute approximate surface area is 170 Å². The summed E-state index contributed by atoms with van der Waals surface area (Å²) in [6, 6.07) is 9.99. The van der Waals surface area contributed by atoms with Crippen LogP contribution < -0.4 is 10.1 Å². The first kappa shape index (κ1) is 20.1. The van der Waals surface area contributed by atoms with E-state index in [1.54, 1.807) is 6.20 Å². The lowest BCUT2D eigenvalue weighted by atomic mass is 10.1. The maximum absolute atomic E-state index is 12.4. The molecule has 1 aliphatic rings. The summed E-state index contributed by atoms with van der Waals surface area (Å²) < 4.78 is 40.9. The molecule has 30 heavy (non-hydrogen) atoms. The summed E-state index contributed by atoms with van der Waals surface area (Å²) >= 11 is 0. The third kappa shape index (κ3) is 5.03. The Morgan fingerprint density at radius 2 is 2.03 bits per heavy atom. The van der Waals surface area contributed by atoms with Crippen LogP contribution >= 0.6 is 0 Å². The minimum atomic E-state index is -4.42. The summed E-state index contributed by atoms with van der Waals surface area (Å²) in [6.07, 6.45) is 1.05. The first-order chi connectivity index (χ1) is 14.4. The fourth-order valence-corrected chi connectivity index (χ4v) is 3.31. The molecule has 2 heterocycles. The Bertz CT molecular complexity index is 1040. The maximum atomic E-state index is 12.4. The van der Waals surface area contributed by atoms with E-state index < -0.39 is 12.8 Å². The molecule has 1 amide bonds. The van der Waals surface area contributed by atoms with Crippen LogP contribution in [0.4, 0.5) is 13.2 Å². The van der Waals surface area contributed by atoms with Crippen LogP contribution in [0.2, 0.25) is 0 Å². The van der Waals surface area contributed by atoms with Crippen molar-refractivity contribution in [3.8, 4) is 5.88 Å². The summed E-state index contributed by atoms with van der Waals surface area (Å²) in [6.45, 7) is -1.04. The zero-order valence-corrected chi connectivity index (χ0v) is 15.9. The Hall–Kier alpha value is -3.23. The average molecular weight is 416 g/mol. The van der Waals surface area contributed by atoms with Crippen LogP contribution in [0.3, 0.4) is 0 Å². The second-order valence-electron chi connectivity index (χ2n) is 7.20. The van der Waals surface area contributed by atoms with Crippen LogP contribution in [0.15, 0.2) is 48.9 Å². The predicted molar refractivity (Wildman–Crippen MR) is 103 cm³/mol. The Balaban J connectivity index is 1.23. The second-order valence-corrected chi connectivity index (χ2v) is 7.20. The highest BCUT2D eigenvalue weighted by molar-refractivity contribution is 5.84. The summed E-state index contributed by atoms with van der Waals surface area (Å²) in [5.41, 5.74) is 2.59. The average Bonchev–Trinajstić information content (AvgIpc) is 3.53. The van der Waals surface area contributed by atoms with E-state index in [2.05, 4.69) is 25.0 Å². The third-order valence-corrected chi connectivity index (χ3v) is 4.93. The number of hydrogen-bond donors (Lipinski definition) is 1. The van der Waals surface area contributed by atoms with Crippen molar-refractivity contribution < 1.29 is 22.7 Å². The molecule has 0 saturated heterocycles. The second kappa shape index (κ2) is 8.25. The number of rotatable bonds is 7. The number of carbonyl (C=O) groups excluding carboxylic acids is 1. The predicted octanol–water partition coefficient (Wildman–Crippen LogP) is 3.43. The van der Waals surface area contributed by atoms with Crippen molar-refractivity contribution in [1.29, 1.82) is 0 Å². The van der Waals surface area contributed by atoms with Crippen molar-refractivity contribution in [2.45, 2.75) is 24.9 Å². The van der Waals surface area contributed by atoms with Gasteiger partial charge in [0.1, 0.15) is 0 Å². The van der Waals surface area contributed by atoms with Crippen molar-refractivity contribution in [3.63, 3.8) is 0 Å². The van der Waals surface area contributed by atoms with Crippen LogP contribution in [0, 0.1) is 5.92 Å². The molecule has 1 saturated carbocycles. The van der Waals surface area contributed by atoms with Gasteiger partial charge in [0.15, 0.2) is 6.61 Å². The molecule has 1 fully saturated rings. The van der Waals surface area contributed by atoms with E-state index in [-0.39, 0.29) is 23.6 Å². The lowest BCUT2D eigenvalue weighted by Crippen LogP contribution is -2.27. The van der Waals surface area contributed by atoms with Gasteiger partial charge in [-0.3, -0.25) is 14.8 Å². The van der Waals surface area contributed by atoms with E-state index >= 15 is 0 Å². The molecular weight excluding hydrogens is 397 g/mol. The molecule has 0 radical (unpaired) electrons. The number of amides is 1. The number of alkyl halides is 3. The monoisotopic (exact) mass is 416 g/mol. The van der Waals surface area contributed by atoms with E-state index in [9.17, 15) is 18.0 Å². The standard InChI is InChI=1S/C21H19F3N4O2/c22-21(23,24)12-30-19-11-27-15(10-28-19)5-7-26-20(29)17-9-16(17)14-4-3-13-2-1-6-25-18(13)8-14/h1-4,6,8,10-11,16-17H,5,7,9,12H2,(H,26,29). The number of carbonyl (C=O) groups is 1. The summed E-state index contributed by atoms with van der Waals surface area (Å²) in [5.74, 6) is -0.0679. The van der Waals surface area contributed by atoms with Gasteiger partial charge in [-0.2, -0.15) is 13.2 Å². The van der Waals surface area contributed by atoms with Crippen molar-refractivity contribution in [2.24, 2.45) is 5.92 Å². The fraction of sp³-hybridized carbons (Fsp3) is 0.333. The molecule has 1 aromatic carbocycles. The van der Waals surface area contributed by atoms with Crippen molar-refractivity contribution in [3.05, 3.63) is 60.2 Å². The Morgan fingerprint density at radius 1 is 1.17 bits per heavy atom. The molecule has 0 spiro atoms. The number of nitrogens with one attached hydrogen (secondary N) is 1. The number of fused-ring (bicyclic) bond motifs is 1. The molecule has 6 nitrogen and oxygen atoms in total. The third-order valence-electron chi connectivity index (χ3n) is 4.93. The molecule has 0 aliphatic heterocycles. The van der Waals surface area contributed by atoms with Crippen molar-refractivity contribution in [1.82, 2.24) is 20.3 Å². The lowest BCUT2D eigenvalue weighted by molar-refractivity contribution is -0.154. The highest BCUT2D eigenvalue weighted by Gasteiger charge is 2.43. The first-order valence-electron chi connectivity index (χ1n) is 9.52. The van der Waals surface area contributed by atoms with Gasteiger partial charge in [0.2, 0.25) is 11.8 Å². The molecule has 1 aliphatic carbocycles. The van der Waals surface area contributed by atoms with E-state index in [0.717, 1.165) is 29.1 Å². The molecule has 2 atom stereocenters. The van der Waals surface area contributed by atoms with Crippen molar-refractivity contribution >= 4 is 16.8 Å². The molecular formula is C21H19F3N4O2. The van der Waals surface area contributed by atoms with Gasteiger partial charge in [-0.1, -0.05) is 18.2 Å². The number of pyridine rings is 1.